The molecule has 1 unspecified atom stereocenters. The van der Waals surface area contributed by atoms with E-state index in [-0.39, 0.29) is 11.8 Å². The summed E-state index contributed by atoms with van der Waals surface area (Å²) in [6.07, 6.45) is -0.00521. The Hall–Kier alpha value is -3.51. The number of anilines is 1. The second kappa shape index (κ2) is 9.96. The fourth-order valence-electron chi connectivity index (χ4n) is 3.82. The fraction of sp³-hybridized carbons (Fsp3) is 0.231. The SMILES string of the molecule is CCC1Oc2ccc(NC(=O)c3ccccc3OC)cc2CN(Cc2ccc(Cl)cc2)C1=O. The predicted molar refractivity (Wildman–Crippen MR) is 128 cm³/mol. The van der Waals surface area contributed by atoms with E-state index in [1.54, 1.807) is 35.2 Å². The smallest absolute Gasteiger partial charge is 0.264 e. The summed E-state index contributed by atoms with van der Waals surface area (Å²) in [5.41, 5.74) is 2.86. The Morgan fingerprint density at radius 2 is 1.91 bits per heavy atom. The van der Waals surface area contributed by atoms with Crippen molar-refractivity contribution in [3.05, 3.63) is 88.4 Å². The molecule has 0 aromatic heterocycles. The van der Waals surface area contributed by atoms with Gasteiger partial charge in [0.1, 0.15) is 11.5 Å². The van der Waals surface area contributed by atoms with Crippen LogP contribution in [0.2, 0.25) is 5.02 Å². The van der Waals surface area contributed by atoms with Gasteiger partial charge in [0.2, 0.25) is 0 Å². The van der Waals surface area contributed by atoms with Gasteiger partial charge in [-0.1, -0.05) is 42.8 Å². The van der Waals surface area contributed by atoms with Gasteiger partial charge in [-0.25, -0.2) is 0 Å². The minimum Gasteiger partial charge on any atom is -0.496 e. The Morgan fingerprint density at radius 3 is 2.64 bits per heavy atom. The van der Waals surface area contributed by atoms with Crippen LogP contribution in [0.5, 0.6) is 11.5 Å². The Bertz CT molecular complexity index is 1160. The van der Waals surface area contributed by atoms with Gasteiger partial charge in [-0.15, -0.1) is 0 Å². The van der Waals surface area contributed by atoms with Gasteiger partial charge in [-0.2, -0.15) is 0 Å². The second-order valence-corrected chi connectivity index (χ2v) is 8.25. The van der Waals surface area contributed by atoms with Crippen LogP contribution in [-0.4, -0.2) is 29.9 Å². The lowest BCUT2D eigenvalue weighted by Crippen LogP contribution is -2.38. The molecule has 7 heteroatoms. The van der Waals surface area contributed by atoms with Crippen LogP contribution in [0.4, 0.5) is 5.69 Å². The van der Waals surface area contributed by atoms with Crippen molar-refractivity contribution < 1.29 is 19.1 Å². The maximum absolute atomic E-state index is 13.1. The van der Waals surface area contributed by atoms with E-state index in [1.165, 1.54) is 7.11 Å². The number of fused-ring (bicyclic) bond motifs is 1. The highest BCUT2D eigenvalue weighted by molar-refractivity contribution is 6.30. The molecule has 33 heavy (non-hydrogen) atoms. The molecule has 3 aromatic rings. The zero-order valence-electron chi connectivity index (χ0n) is 18.5. The van der Waals surface area contributed by atoms with Gasteiger partial charge < -0.3 is 19.7 Å². The Labute approximate surface area is 198 Å². The van der Waals surface area contributed by atoms with E-state index < -0.39 is 6.10 Å². The molecule has 1 aliphatic rings. The lowest BCUT2D eigenvalue weighted by molar-refractivity contribution is -0.139. The molecule has 0 saturated carbocycles. The lowest BCUT2D eigenvalue weighted by Gasteiger charge is -2.23. The van der Waals surface area contributed by atoms with Gasteiger partial charge in [-0.3, -0.25) is 9.59 Å². The number of carbonyl (C=O) groups excluding carboxylic acids is 2. The Morgan fingerprint density at radius 1 is 1.15 bits per heavy atom. The topological polar surface area (TPSA) is 67.9 Å². The average Bonchev–Trinajstić information content (AvgIpc) is 2.96. The Balaban J connectivity index is 1.59. The van der Waals surface area contributed by atoms with Crippen molar-refractivity contribution in [2.75, 3.05) is 12.4 Å². The standard InChI is InChI=1S/C26H25ClN2O4/c1-3-22-26(31)29(15-17-8-10-19(27)11-9-17)16-18-14-20(12-13-23(18)33-22)28-25(30)21-6-4-5-7-24(21)32-2/h4-14,22H,3,15-16H2,1-2H3,(H,28,30). The number of ether oxygens (including phenoxy) is 2. The number of carbonyl (C=O) groups is 2. The summed E-state index contributed by atoms with van der Waals surface area (Å²) in [7, 11) is 1.53. The molecule has 170 valence electrons. The summed E-state index contributed by atoms with van der Waals surface area (Å²) in [5.74, 6) is 0.799. The molecule has 0 aliphatic carbocycles. The highest BCUT2D eigenvalue weighted by atomic mass is 35.5. The zero-order chi connectivity index (χ0) is 23.4. The fourth-order valence-corrected chi connectivity index (χ4v) is 3.95. The van der Waals surface area contributed by atoms with Crippen molar-refractivity contribution in [3.8, 4) is 11.5 Å². The van der Waals surface area contributed by atoms with Crippen molar-refractivity contribution in [2.24, 2.45) is 0 Å². The quantitative estimate of drug-likeness (QED) is 0.537. The van der Waals surface area contributed by atoms with E-state index in [2.05, 4.69) is 5.32 Å². The number of amides is 2. The molecule has 4 rings (SSSR count). The van der Waals surface area contributed by atoms with Gasteiger partial charge in [0, 0.05) is 29.4 Å². The van der Waals surface area contributed by atoms with E-state index in [9.17, 15) is 9.59 Å². The molecular weight excluding hydrogens is 440 g/mol. The molecule has 1 heterocycles. The molecule has 0 radical (unpaired) electrons. The van der Waals surface area contributed by atoms with Crippen LogP contribution in [-0.2, 0) is 17.9 Å². The normalized spacial score (nSPS) is 15.3. The van der Waals surface area contributed by atoms with Crippen LogP contribution in [0.15, 0.2) is 66.7 Å². The largest absolute Gasteiger partial charge is 0.496 e. The summed E-state index contributed by atoms with van der Waals surface area (Å²) in [6, 6.07) is 19.9. The van der Waals surface area contributed by atoms with Crippen LogP contribution < -0.4 is 14.8 Å². The number of halogens is 1. The maximum Gasteiger partial charge on any atom is 0.264 e. The summed E-state index contributed by atoms with van der Waals surface area (Å²) in [4.78, 5) is 27.7. The van der Waals surface area contributed by atoms with Gasteiger partial charge >= 0.3 is 0 Å². The Kier molecular flexibility index (Phi) is 6.84. The lowest BCUT2D eigenvalue weighted by atomic mass is 10.1. The minimum atomic E-state index is -0.562. The number of benzene rings is 3. The first-order valence-corrected chi connectivity index (χ1v) is 11.1. The number of nitrogens with zero attached hydrogens (tertiary/aromatic N) is 1. The molecule has 3 aromatic carbocycles. The molecular formula is C26H25ClN2O4. The third kappa shape index (κ3) is 5.12. The first kappa shape index (κ1) is 22.7. The van der Waals surface area contributed by atoms with E-state index in [1.807, 2.05) is 43.3 Å². The van der Waals surface area contributed by atoms with Crippen molar-refractivity contribution in [1.82, 2.24) is 4.90 Å². The summed E-state index contributed by atoms with van der Waals surface area (Å²) in [5, 5.41) is 3.57. The summed E-state index contributed by atoms with van der Waals surface area (Å²) < 4.78 is 11.3. The number of para-hydroxylation sites is 1. The van der Waals surface area contributed by atoms with Crippen LogP contribution in [0, 0.1) is 0 Å². The summed E-state index contributed by atoms with van der Waals surface area (Å²) in [6.45, 7) is 2.73. The van der Waals surface area contributed by atoms with Crippen molar-refractivity contribution in [1.29, 1.82) is 0 Å². The van der Waals surface area contributed by atoms with Crippen molar-refractivity contribution >= 4 is 29.1 Å². The van der Waals surface area contributed by atoms with Gasteiger partial charge in [0.05, 0.1) is 12.7 Å². The van der Waals surface area contributed by atoms with Crippen molar-refractivity contribution in [3.63, 3.8) is 0 Å². The van der Waals surface area contributed by atoms with Crippen LogP contribution in [0.3, 0.4) is 0 Å². The number of hydrogen-bond acceptors (Lipinski definition) is 4. The minimum absolute atomic E-state index is 0.0664. The van der Waals surface area contributed by atoms with E-state index in [0.717, 1.165) is 11.1 Å². The highest BCUT2D eigenvalue weighted by Crippen LogP contribution is 2.31. The number of hydrogen-bond donors (Lipinski definition) is 1. The number of rotatable bonds is 6. The molecule has 1 aliphatic heterocycles. The zero-order valence-corrected chi connectivity index (χ0v) is 19.3. The summed E-state index contributed by atoms with van der Waals surface area (Å²) >= 11 is 6.00. The first-order chi connectivity index (χ1) is 16.0. The molecule has 0 saturated heterocycles. The third-order valence-corrected chi connectivity index (χ3v) is 5.80. The van der Waals surface area contributed by atoms with Gasteiger partial charge in [0.25, 0.3) is 11.8 Å². The first-order valence-electron chi connectivity index (χ1n) is 10.8. The van der Waals surface area contributed by atoms with Gasteiger partial charge in [-0.05, 0) is 54.4 Å². The molecule has 1 atom stereocenters. The van der Waals surface area contributed by atoms with Gasteiger partial charge in [0.15, 0.2) is 6.10 Å². The average molecular weight is 465 g/mol. The number of methoxy groups -OCH3 is 1. The number of nitrogens with one attached hydrogen (secondary N) is 1. The third-order valence-electron chi connectivity index (χ3n) is 5.54. The van der Waals surface area contributed by atoms with Crippen LogP contribution in [0.25, 0.3) is 0 Å². The maximum atomic E-state index is 13.1. The molecule has 0 bridgehead atoms. The van der Waals surface area contributed by atoms with Crippen molar-refractivity contribution in [2.45, 2.75) is 32.5 Å². The molecule has 2 amide bonds. The molecule has 1 N–H and O–H groups in total. The molecule has 0 fully saturated rings. The monoisotopic (exact) mass is 464 g/mol. The second-order valence-electron chi connectivity index (χ2n) is 7.81. The van der Waals surface area contributed by atoms with Crippen LogP contribution in [0.1, 0.15) is 34.8 Å². The molecule has 6 nitrogen and oxygen atoms in total. The predicted octanol–water partition coefficient (Wildman–Crippen LogP) is 5.30. The molecule has 0 spiro atoms. The van der Waals surface area contributed by atoms with E-state index >= 15 is 0 Å². The van der Waals surface area contributed by atoms with E-state index in [4.69, 9.17) is 21.1 Å². The van der Waals surface area contributed by atoms with E-state index in [0.29, 0.717) is 47.3 Å². The van der Waals surface area contributed by atoms with Crippen LogP contribution >= 0.6 is 11.6 Å². The highest BCUT2D eigenvalue weighted by Gasteiger charge is 2.30.